The van der Waals surface area contributed by atoms with Gasteiger partial charge in [-0.3, -0.25) is 10.1 Å². The standard InChI is InChI=1S/C13H12N2O4/c1-3-8-14(2)12-6-5-11(15(18)19)9-10(12)4-7-13(16)17/h1,4-7,9H,8H2,2H3,(H,16,17)/b7-4+. The Balaban J connectivity index is 3.26. The van der Waals surface area contributed by atoms with Gasteiger partial charge in [-0.15, -0.1) is 6.42 Å². The van der Waals surface area contributed by atoms with Gasteiger partial charge in [-0.2, -0.15) is 0 Å². The Labute approximate surface area is 110 Å². The Hall–Kier alpha value is -2.81. The van der Waals surface area contributed by atoms with E-state index in [0.29, 0.717) is 17.8 Å². The lowest BCUT2D eigenvalue weighted by Crippen LogP contribution is -2.18. The number of hydrogen-bond donors (Lipinski definition) is 1. The van der Waals surface area contributed by atoms with Crippen molar-refractivity contribution in [2.75, 3.05) is 18.5 Å². The van der Waals surface area contributed by atoms with Crippen LogP contribution in [-0.4, -0.2) is 29.6 Å². The zero-order valence-electron chi connectivity index (χ0n) is 10.2. The fourth-order valence-corrected chi connectivity index (χ4v) is 1.52. The van der Waals surface area contributed by atoms with E-state index >= 15 is 0 Å². The number of carbonyl (C=O) groups is 1. The van der Waals surface area contributed by atoms with Crippen LogP contribution in [0.4, 0.5) is 11.4 Å². The van der Waals surface area contributed by atoms with Crippen LogP contribution in [0, 0.1) is 22.5 Å². The molecular formula is C13H12N2O4. The second-order valence-corrected chi connectivity index (χ2v) is 3.73. The number of nitrogens with zero attached hydrogens (tertiary/aromatic N) is 2. The predicted molar refractivity (Wildman–Crippen MR) is 71.9 cm³/mol. The summed E-state index contributed by atoms with van der Waals surface area (Å²) < 4.78 is 0. The summed E-state index contributed by atoms with van der Waals surface area (Å²) in [5.41, 5.74) is 0.943. The lowest BCUT2D eigenvalue weighted by atomic mass is 10.1. The van der Waals surface area contributed by atoms with Crippen molar-refractivity contribution in [3.63, 3.8) is 0 Å². The molecule has 19 heavy (non-hydrogen) atoms. The van der Waals surface area contributed by atoms with Gasteiger partial charge in [0.1, 0.15) is 0 Å². The molecule has 6 nitrogen and oxygen atoms in total. The molecule has 1 aromatic carbocycles. The average molecular weight is 260 g/mol. The monoisotopic (exact) mass is 260 g/mol. The molecule has 1 rings (SSSR count). The highest BCUT2D eigenvalue weighted by atomic mass is 16.6. The van der Waals surface area contributed by atoms with Crippen molar-refractivity contribution in [2.45, 2.75) is 0 Å². The highest BCUT2D eigenvalue weighted by molar-refractivity contribution is 5.87. The molecule has 6 heteroatoms. The smallest absolute Gasteiger partial charge is 0.328 e. The van der Waals surface area contributed by atoms with E-state index in [4.69, 9.17) is 11.5 Å². The van der Waals surface area contributed by atoms with Crippen molar-refractivity contribution < 1.29 is 14.8 Å². The third-order valence-corrected chi connectivity index (χ3v) is 2.37. The highest BCUT2D eigenvalue weighted by Gasteiger charge is 2.11. The fraction of sp³-hybridized carbons (Fsp3) is 0.154. The normalized spacial score (nSPS) is 10.1. The SMILES string of the molecule is C#CCN(C)c1ccc([N+](=O)[O-])cc1/C=C/C(=O)O. The summed E-state index contributed by atoms with van der Waals surface area (Å²) in [5, 5.41) is 19.3. The largest absolute Gasteiger partial charge is 0.478 e. The third-order valence-electron chi connectivity index (χ3n) is 2.37. The number of non-ortho nitro benzene ring substituents is 1. The first kappa shape index (κ1) is 14.3. The van der Waals surface area contributed by atoms with Crippen LogP contribution in [0.2, 0.25) is 0 Å². The molecule has 0 atom stereocenters. The first-order chi connectivity index (χ1) is 8.95. The van der Waals surface area contributed by atoms with E-state index in [1.54, 1.807) is 11.9 Å². The summed E-state index contributed by atoms with van der Waals surface area (Å²) in [6, 6.07) is 4.19. The number of rotatable bonds is 5. The molecule has 0 heterocycles. The minimum Gasteiger partial charge on any atom is -0.478 e. The molecule has 0 saturated heterocycles. The number of anilines is 1. The van der Waals surface area contributed by atoms with Crippen molar-refractivity contribution >= 4 is 23.4 Å². The van der Waals surface area contributed by atoms with Crippen LogP contribution >= 0.6 is 0 Å². The zero-order chi connectivity index (χ0) is 14.4. The Morgan fingerprint density at radius 2 is 2.32 bits per heavy atom. The minimum absolute atomic E-state index is 0.108. The number of aliphatic carboxylic acids is 1. The van der Waals surface area contributed by atoms with Crippen molar-refractivity contribution in [1.29, 1.82) is 0 Å². The van der Waals surface area contributed by atoms with E-state index < -0.39 is 10.9 Å². The topological polar surface area (TPSA) is 83.7 Å². The molecule has 0 radical (unpaired) electrons. The van der Waals surface area contributed by atoms with Crippen molar-refractivity contribution in [3.05, 3.63) is 40.0 Å². The average Bonchev–Trinajstić information content (AvgIpc) is 2.36. The van der Waals surface area contributed by atoms with E-state index in [9.17, 15) is 14.9 Å². The van der Waals surface area contributed by atoms with Gasteiger partial charge in [0.25, 0.3) is 5.69 Å². The summed E-state index contributed by atoms with van der Waals surface area (Å²) >= 11 is 0. The third kappa shape index (κ3) is 3.85. The van der Waals surface area contributed by atoms with Crippen LogP contribution in [0.15, 0.2) is 24.3 Å². The summed E-state index contributed by atoms with van der Waals surface area (Å²) in [6.07, 6.45) is 7.43. The van der Waals surface area contributed by atoms with Crippen LogP contribution in [-0.2, 0) is 4.79 Å². The van der Waals surface area contributed by atoms with E-state index in [1.165, 1.54) is 24.3 Å². The second-order valence-electron chi connectivity index (χ2n) is 3.73. The number of carboxylic acid groups (broad SMARTS) is 1. The minimum atomic E-state index is -1.13. The highest BCUT2D eigenvalue weighted by Crippen LogP contribution is 2.25. The molecule has 0 saturated carbocycles. The quantitative estimate of drug-likeness (QED) is 0.377. The maximum Gasteiger partial charge on any atom is 0.328 e. The van der Waals surface area contributed by atoms with Gasteiger partial charge in [-0.25, -0.2) is 4.79 Å². The Morgan fingerprint density at radius 1 is 1.63 bits per heavy atom. The first-order valence-corrected chi connectivity index (χ1v) is 5.29. The van der Waals surface area contributed by atoms with Gasteiger partial charge < -0.3 is 10.0 Å². The predicted octanol–water partition coefficient (Wildman–Crippen LogP) is 1.76. The Morgan fingerprint density at radius 3 is 2.84 bits per heavy atom. The van der Waals surface area contributed by atoms with E-state index in [0.717, 1.165) is 6.08 Å². The van der Waals surface area contributed by atoms with Gasteiger partial charge in [0.15, 0.2) is 0 Å². The summed E-state index contributed by atoms with van der Waals surface area (Å²) in [5.74, 6) is 1.32. The Kier molecular flexibility index (Phi) is 4.66. The lowest BCUT2D eigenvalue weighted by molar-refractivity contribution is -0.384. The molecule has 1 aromatic rings. The molecule has 0 unspecified atom stereocenters. The summed E-state index contributed by atoms with van der Waals surface area (Å²) in [4.78, 5) is 22.4. The van der Waals surface area contributed by atoms with E-state index in [-0.39, 0.29) is 5.69 Å². The lowest BCUT2D eigenvalue weighted by Gasteiger charge is -2.18. The second kappa shape index (κ2) is 6.21. The maximum absolute atomic E-state index is 10.7. The number of nitro benzene ring substituents is 1. The molecule has 0 aliphatic rings. The van der Waals surface area contributed by atoms with Crippen molar-refractivity contribution in [1.82, 2.24) is 0 Å². The van der Waals surface area contributed by atoms with E-state index in [2.05, 4.69) is 5.92 Å². The summed E-state index contributed by atoms with van der Waals surface area (Å²) in [7, 11) is 1.72. The molecule has 0 aromatic heterocycles. The number of benzene rings is 1. The molecule has 0 aliphatic heterocycles. The van der Waals surface area contributed by atoms with E-state index in [1.807, 2.05) is 0 Å². The summed E-state index contributed by atoms with van der Waals surface area (Å²) in [6.45, 7) is 0.311. The molecule has 0 bridgehead atoms. The van der Waals surface area contributed by atoms with Crippen molar-refractivity contribution in [2.24, 2.45) is 0 Å². The molecule has 1 N–H and O–H groups in total. The number of nitro groups is 1. The number of terminal acetylenes is 1. The molecule has 98 valence electrons. The molecule has 0 aliphatic carbocycles. The molecule has 0 fully saturated rings. The first-order valence-electron chi connectivity index (χ1n) is 5.29. The number of carboxylic acids is 1. The van der Waals surface area contributed by atoms with Crippen LogP contribution in [0.5, 0.6) is 0 Å². The van der Waals surface area contributed by atoms with Gasteiger partial charge in [-0.05, 0) is 12.1 Å². The van der Waals surface area contributed by atoms with Gasteiger partial charge in [0, 0.05) is 36.5 Å². The molecule has 0 amide bonds. The van der Waals surface area contributed by atoms with Gasteiger partial charge >= 0.3 is 5.97 Å². The van der Waals surface area contributed by atoms with Crippen LogP contribution < -0.4 is 4.90 Å². The van der Waals surface area contributed by atoms with Gasteiger partial charge in [-0.1, -0.05) is 5.92 Å². The maximum atomic E-state index is 10.7. The van der Waals surface area contributed by atoms with Gasteiger partial charge in [0.2, 0.25) is 0 Å². The fourth-order valence-electron chi connectivity index (χ4n) is 1.52. The van der Waals surface area contributed by atoms with Crippen LogP contribution in [0.1, 0.15) is 5.56 Å². The zero-order valence-corrected chi connectivity index (χ0v) is 10.2. The van der Waals surface area contributed by atoms with Crippen molar-refractivity contribution in [3.8, 4) is 12.3 Å². The van der Waals surface area contributed by atoms with Crippen LogP contribution in [0.3, 0.4) is 0 Å². The molecule has 0 spiro atoms. The molecular weight excluding hydrogens is 248 g/mol. The Bertz CT molecular complexity index is 572. The van der Waals surface area contributed by atoms with Crippen LogP contribution in [0.25, 0.3) is 6.08 Å². The number of hydrogen-bond acceptors (Lipinski definition) is 4. The van der Waals surface area contributed by atoms with Gasteiger partial charge in [0.05, 0.1) is 11.5 Å².